The third-order valence-corrected chi connectivity index (χ3v) is 4.82. The normalized spacial score (nSPS) is 11.4. The van der Waals surface area contributed by atoms with Gasteiger partial charge in [0.15, 0.2) is 18.1 Å². The van der Waals surface area contributed by atoms with Crippen LogP contribution in [0.5, 0.6) is 11.5 Å². The molecule has 0 saturated carbocycles. The quantitative estimate of drug-likeness (QED) is 0.666. The number of hydrogen-bond donors (Lipinski definition) is 2. The van der Waals surface area contributed by atoms with Crippen LogP contribution in [0.15, 0.2) is 53.4 Å². The Kier molecular flexibility index (Phi) is 7.60. The van der Waals surface area contributed by atoms with Gasteiger partial charge in [0.25, 0.3) is 5.91 Å². The fraction of sp³-hybridized carbons (Fsp3) is 0.250. The summed E-state index contributed by atoms with van der Waals surface area (Å²) in [7, 11) is -2.15. The van der Waals surface area contributed by atoms with E-state index in [1.165, 1.54) is 12.1 Å². The van der Waals surface area contributed by atoms with Gasteiger partial charge in [-0.05, 0) is 48.7 Å². The summed E-state index contributed by atoms with van der Waals surface area (Å²) in [5.74, 6) is 0.781. The second kappa shape index (κ2) is 9.91. The number of primary sulfonamides is 1. The lowest BCUT2D eigenvalue weighted by atomic mass is 10.1. The molecule has 2 aromatic rings. The molecule has 0 fully saturated rings. The van der Waals surface area contributed by atoms with Crippen LogP contribution in [0.1, 0.15) is 18.1 Å². The molecule has 0 saturated heterocycles. The van der Waals surface area contributed by atoms with Crippen LogP contribution in [-0.4, -0.2) is 34.6 Å². The summed E-state index contributed by atoms with van der Waals surface area (Å²) in [6.07, 6.45) is 4.41. The van der Waals surface area contributed by atoms with Crippen LogP contribution < -0.4 is 19.9 Å². The van der Waals surface area contributed by atoms with E-state index in [9.17, 15) is 13.2 Å². The van der Waals surface area contributed by atoms with Crippen molar-refractivity contribution < 1.29 is 22.7 Å². The number of nitrogens with two attached hydrogens (primary N) is 1. The van der Waals surface area contributed by atoms with Gasteiger partial charge in [-0.15, -0.1) is 0 Å². The van der Waals surface area contributed by atoms with Crippen LogP contribution >= 0.6 is 0 Å². The monoisotopic (exact) mass is 404 g/mol. The molecule has 7 nitrogen and oxygen atoms in total. The van der Waals surface area contributed by atoms with Crippen molar-refractivity contribution in [2.75, 3.05) is 20.3 Å². The van der Waals surface area contributed by atoms with Crippen molar-refractivity contribution in [1.82, 2.24) is 5.32 Å². The van der Waals surface area contributed by atoms with Gasteiger partial charge in [0.05, 0.1) is 12.0 Å². The predicted octanol–water partition coefficient (Wildman–Crippen LogP) is 2.11. The number of methoxy groups -OCH3 is 1. The van der Waals surface area contributed by atoms with Crippen LogP contribution in [0.4, 0.5) is 0 Å². The molecule has 0 spiro atoms. The van der Waals surface area contributed by atoms with Crippen LogP contribution in [-0.2, 0) is 21.2 Å². The van der Waals surface area contributed by atoms with E-state index in [2.05, 4.69) is 5.32 Å². The molecule has 0 aliphatic carbocycles. The van der Waals surface area contributed by atoms with E-state index in [1.54, 1.807) is 25.3 Å². The van der Waals surface area contributed by atoms with Crippen LogP contribution in [0, 0.1) is 0 Å². The van der Waals surface area contributed by atoms with Gasteiger partial charge >= 0.3 is 0 Å². The number of allylic oxidation sites excluding steroid dienone is 1. The highest BCUT2D eigenvalue weighted by atomic mass is 32.2. The maximum Gasteiger partial charge on any atom is 0.257 e. The number of rotatable bonds is 9. The lowest BCUT2D eigenvalue weighted by molar-refractivity contribution is -0.123. The zero-order valence-electron chi connectivity index (χ0n) is 15.8. The smallest absolute Gasteiger partial charge is 0.257 e. The highest BCUT2D eigenvalue weighted by Crippen LogP contribution is 2.28. The molecule has 0 unspecified atom stereocenters. The van der Waals surface area contributed by atoms with Gasteiger partial charge in [-0.3, -0.25) is 4.79 Å². The Morgan fingerprint density at radius 2 is 1.86 bits per heavy atom. The Morgan fingerprint density at radius 3 is 2.46 bits per heavy atom. The van der Waals surface area contributed by atoms with Crippen molar-refractivity contribution in [2.24, 2.45) is 5.14 Å². The molecular weight excluding hydrogens is 380 g/mol. The average molecular weight is 404 g/mol. The molecule has 0 aliphatic rings. The zero-order valence-corrected chi connectivity index (χ0v) is 16.7. The molecule has 0 bridgehead atoms. The lowest BCUT2D eigenvalue weighted by Crippen LogP contribution is -2.30. The van der Waals surface area contributed by atoms with Crippen molar-refractivity contribution in [1.29, 1.82) is 0 Å². The Labute approximate surface area is 165 Å². The number of benzene rings is 2. The maximum atomic E-state index is 12.0. The zero-order chi connectivity index (χ0) is 20.6. The molecule has 0 heterocycles. The summed E-state index contributed by atoms with van der Waals surface area (Å²) in [6.45, 7) is 2.19. The number of ether oxygens (including phenoxy) is 2. The summed E-state index contributed by atoms with van der Waals surface area (Å²) in [5, 5.41) is 7.82. The van der Waals surface area contributed by atoms with Gasteiger partial charge in [0, 0.05) is 6.54 Å². The number of carbonyl (C=O) groups is 1. The van der Waals surface area contributed by atoms with Crippen molar-refractivity contribution in [3.05, 3.63) is 59.7 Å². The van der Waals surface area contributed by atoms with E-state index < -0.39 is 10.0 Å². The van der Waals surface area contributed by atoms with Gasteiger partial charge < -0.3 is 14.8 Å². The van der Waals surface area contributed by atoms with Gasteiger partial charge in [0.2, 0.25) is 10.0 Å². The standard InChI is InChI=1S/C20H24N2O5S/c1-3-4-16-7-10-18(19(13-16)26-2)27-14-20(23)22-12-11-15-5-8-17(9-6-15)28(21,24)25/h3-10,13H,11-12,14H2,1-2H3,(H,22,23)(H2,21,24,25)/b4-3+. The van der Waals surface area contributed by atoms with Crippen LogP contribution in [0.2, 0.25) is 0 Å². The molecule has 0 aromatic heterocycles. The Hall–Kier alpha value is -2.84. The first-order valence-corrected chi connectivity index (χ1v) is 10.2. The topological polar surface area (TPSA) is 108 Å². The minimum absolute atomic E-state index is 0.0584. The molecule has 3 N–H and O–H groups in total. The van der Waals surface area contributed by atoms with Crippen LogP contribution in [0.25, 0.3) is 6.08 Å². The Morgan fingerprint density at radius 1 is 1.14 bits per heavy atom. The third kappa shape index (κ3) is 6.40. The van der Waals surface area contributed by atoms with Gasteiger partial charge in [0.1, 0.15) is 0 Å². The highest BCUT2D eigenvalue weighted by molar-refractivity contribution is 7.89. The second-order valence-electron chi connectivity index (χ2n) is 5.99. The van der Waals surface area contributed by atoms with Crippen LogP contribution in [0.3, 0.4) is 0 Å². The molecular formula is C20H24N2O5S. The van der Waals surface area contributed by atoms with E-state index in [4.69, 9.17) is 14.6 Å². The first-order chi connectivity index (χ1) is 13.3. The average Bonchev–Trinajstić information content (AvgIpc) is 2.67. The number of carbonyl (C=O) groups excluding carboxylic acids is 1. The Bertz CT molecular complexity index is 938. The lowest BCUT2D eigenvalue weighted by Gasteiger charge is -2.11. The minimum Gasteiger partial charge on any atom is -0.493 e. The van der Waals surface area contributed by atoms with Crippen molar-refractivity contribution >= 4 is 22.0 Å². The molecule has 0 atom stereocenters. The number of amides is 1. The maximum absolute atomic E-state index is 12.0. The SMILES string of the molecule is C/C=C/c1ccc(OCC(=O)NCCc2ccc(S(N)(=O)=O)cc2)c(OC)c1. The molecule has 28 heavy (non-hydrogen) atoms. The number of sulfonamides is 1. The van der Waals surface area contributed by atoms with E-state index >= 15 is 0 Å². The van der Waals surface area contributed by atoms with Crippen molar-refractivity contribution in [3.8, 4) is 11.5 Å². The van der Waals surface area contributed by atoms with E-state index in [0.717, 1.165) is 11.1 Å². The minimum atomic E-state index is -3.70. The molecule has 2 rings (SSSR count). The number of hydrogen-bond acceptors (Lipinski definition) is 5. The first kappa shape index (κ1) is 21.5. The number of nitrogens with one attached hydrogen (secondary N) is 1. The summed E-state index contributed by atoms with van der Waals surface area (Å²) in [6, 6.07) is 11.7. The van der Waals surface area contributed by atoms with E-state index in [0.29, 0.717) is 24.5 Å². The predicted molar refractivity (Wildman–Crippen MR) is 108 cm³/mol. The Balaban J connectivity index is 1.81. The molecule has 150 valence electrons. The molecule has 0 radical (unpaired) electrons. The first-order valence-electron chi connectivity index (χ1n) is 8.65. The fourth-order valence-corrected chi connectivity index (χ4v) is 3.00. The second-order valence-corrected chi connectivity index (χ2v) is 7.55. The molecule has 2 aromatic carbocycles. The summed E-state index contributed by atoms with van der Waals surface area (Å²) < 4.78 is 33.3. The summed E-state index contributed by atoms with van der Waals surface area (Å²) in [5.41, 5.74) is 1.86. The van der Waals surface area contributed by atoms with Gasteiger partial charge in [-0.2, -0.15) is 0 Å². The van der Waals surface area contributed by atoms with E-state index in [1.807, 2.05) is 31.2 Å². The largest absolute Gasteiger partial charge is 0.493 e. The highest BCUT2D eigenvalue weighted by Gasteiger charge is 2.09. The summed E-state index contributed by atoms with van der Waals surface area (Å²) in [4.78, 5) is 12.0. The summed E-state index contributed by atoms with van der Waals surface area (Å²) >= 11 is 0. The van der Waals surface area contributed by atoms with Crippen molar-refractivity contribution in [2.45, 2.75) is 18.2 Å². The van der Waals surface area contributed by atoms with Crippen molar-refractivity contribution in [3.63, 3.8) is 0 Å². The molecule has 1 amide bonds. The van der Waals surface area contributed by atoms with E-state index in [-0.39, 0.29) is 17.4 Å². The van der Waals surface area contributed by atoms with Gasteiger partial charge in [-0.25, -0.2) is 13.6 Å². The fourth-order valence-electron chi connectivity index (χ4n) is 2.49. The van der Waals surface area contributed by atoms with Gasteiger partial charge in [-0.1, -0.05) is 30.4 Å². The molecule has 0 aliphatic heterocycles. The molecule has 8 heteroatoms. The third-order valence-electron chi connectivity index (χ3n) is 3.89.